The van der Waals surface area contributed by atoms with Gasteiger partial charge in [-0.1, -0.05) is 36.9 Å². The van der Waals surface area contributed by atoms with Gasteiger partial charge in [0.2, 0.25) is 11.8 Å². The van der Waals surface area contributed by atoms with Crippen LogP contribution in [0.2, 0.25) is 0 Å². The summed E-state index contributed by atoms with van der Waals surface area (Å²) in [4.78, 5) is 25.9. The molecule has 0 saturated carbocycles. The second-order valence-corrected chi connectivity index (χ2v) is 4.85. The molecule has 5 nitrogen and oxygen atoms in total. The maximum absolute atomic E-state index is 12.7. The van der Waals surface area contributed by atoms with Crippen molar-refractivity contribution in [3.8, 4) is 0 Å². The summed E-state index contributed by atoms with van der Waals surface area (Å²) in [6.45, 7) is 6.00. The smallest absolute Gasteiger partial charge is 0.243 e. The van der Waals surface area contributed by atoms with Gasteiger partial charge >= 0.3 is 0 Å². The van der Waals surface area contributed by atoms with Gasteiger partial charge in [-0.25, -0.2) is 0 Å². The van der Waals surface area contributed by atoms with Crippen molar-refractivity contribution in [1.82, 2.24) is 10.2 Å². The first-order valence-electron chi connectivity index (χ1n) is 7.04. The number of carbonyl (C=O) groups is 2. The second-order valence-electron chi connectivity index (χ2n) is 4.85. The summed E-state index contributed by atoms with van der Waals surface area (Å²) in [5.41, 5.74) is 0.901. The summed E-state index contributed by atoms with van der Waals surface area (Å²) in [6, 6.07) is 9.50. The molecule has 0 bridgehead atoms. The topological polar surface area (TPSA) is 58.6 Å². The summed E-state index contributed by atoms with van der Waals surface area (Å²) in [7, 11) is 0. The fourth-order valence-electron chi connectivity index (χ4n) is 2.31. The van der Waals surface area contributed by atoms with E-state index < -0.39 is 0 Å². The highest BCUT2D eigenvalue weighted by Crippen LogP contribution is 2.18. The minimum Gasteiger partial charge on any atom is -0.378 e. The first-order chi connectivity index (χ1) is 10.2. The number of carbonyl (C=O) groups excluding carboxylic acids is 2. The number of nitrogens with zero attached hydrogens (tertiary/aromatic N) is 1. The maximum atomic E-state index is 12.7. The van der Waals surface area contributed by atoms with Crippen molar-refractivity contribution in [3.05, 3.63) is 48.6 Å². The highest BCUT2D eigenvalue weighted by atomic mass is 16.5. The van der Waals surface area contributed by atoms with Crippen LogP contribution in [0.5, 0.6) is 0 Å². The first-order valence-corrected chi connectivity index (χ1v) is 7.04. The van der Waals surface area contributed by atoms with Gasteiger partial charge in [0.1, 0.15) is 0 Å². The number of nitrogens with one attached hydrogen (secondary N) is 1. The van der Waals surface area contributed by atoms with E-state index in [0.29, 0.717) is 26.3 Å². The van der Waals surface area contributed by atoms with Gasteiger partial charge in [-0.3, -0.25) is 9.59 Å². The Morgan fingerprint density at radius 3 is 2.57 bits per heavy atom. The zero-order valence-corrected chi connectivity index (χ0v) is 12.0. The highest BCUT2D eigenvalue weighted by molar-refractivity contribution is 5.88. The van der Waals surface area contributed by atoms with Gasteiger partial charge in [0.05, 0.1) is 19.1 Å². The Labute approximate surface area is 124 Å². The average Bonchev–Trinajstić information content (AvgIpc) is 2.56. The number of morpholine rings is 1. The Balaban J connectivity index is 2.12. The van der Waals surface area contributed by atoms with E-state index in [1.807, 2.05) is 30.3 Å². The monoisotopic (exact) mass is 288 g/mol. The molecule has 0 aliphatic carbocycles. The minimum atomic E-state index is -0.381. The molecule has 0 unspecified atom stereocenters. The van der Waals surface area contributed by atoms with Crippen LogP contribution in [0.15, 0.2) is 43.0 Å². The molecule has 112 valence electrons. The van der Waals surface area contributed by atoms with E-state index in [2.05, 4.69) is 11.9 Å². The molecule has 1 fully saturated rings. The molecule has 5 heteroatoms. The molecular weight excluding hydrogens is 268 g/mol. The van der Waals surface area contributed by atoms with Crippen LogP contribution in [0, 0.1) is 0 Å². The van der Waals surface area contributed by atoms with Crippen molar-refractivity contribution < 1.29 is 14.3 Å². The Morgan fingerprint density at radius 2 is 1.95 bits per heavy atom. The molecule has 21 heavy (non-hydrogen) atoms. The van der Waals surface area contributed by atoms with Crippen molar-refractivity contribution >= 4 is 11.8 Å². The molecule has 2 amide bonds. The summed E-state index contributed by atoms with van der Waals surface area (Å²) < 4.78 is 5.27. The van der Waals surface area contributed by atoms with Crippen LogP contribution in [-0.2, 0) is 14.3 Å². The predicted octanol–water partition coefficient (Wildman–Crippen LogP) is 0.931. The fraction of sp³-hybridized carbons (Fsp3) is 0.375. The lowest BCUT2D eigenvalue weighted by molar-refractivity contribution is -0.136. The Kier molecular flexibility index (Phi) is 5.51. The molecule has 0 spiro atoms. The molecule has 0 aromatic heterocycles. The largest absolute Gasteiger partial charge is 0.378 e. The van der Waals surface area contributed by atoms with Crippen LogP contribution >= 0.6 is 0 Å². The number of hydrogen-bond acceptors (Lipinski definition) is 3. The van der Waals surface area contributed by atoms with E-state index in [4.69, 9.17) is 4.74 Å². The highest BCUT2D eigenvalue weighted by Gasteiger charge is 2.27. The van der Waals surface area contributed by atoms with Gasteiger partial charge in [-0.15, -0.1) is 0 Å². The number of amides is 2. The molecule has 1 aliphatic heterocycles. The third-order valence-electron chi connectivity index (χ3n) is 3.49. The quantitative estimate of drug-likeness (QED) is 0.820. The van der Waals surface area contributed by atoms with Crippen molar-refractivity contribution in [1.29, 1.82) is 0 Å². The maximum Gasteiger partial charge on any atom is 0.243 e. The molecule has 2 rings (SSSR count). The third kappa shape index (κ3) is 4.16. The summed E-state index contributed by atoms with van der Waals surface area (Å²) >= 11 is 0. The lowest BCUT2D eigenvalue weighted by Crippen LogP contribution is -2.45. The van der Waals surface area contributed by atoms with Crippen molar-refractivity contribution in [2.24, 2.45) is 0 Å². The molecule has 1 aromatic rings. The van der Waals surface area contributed by atoms with E-state index in [1.165, 1.54) is 6.08 Å². The number of hydrogen-bond donors (Lipinski definition) is 1. The van der Waals surface area contributed by atoms with Gasteiger partial charge in [-0.2, -0.15) is 0 Å². The Hall–Kier alpha value is -2.14. The lowest BCUT2D eigenvalue weighted by atomic mass is 9.97. The predicted molar refractivity (Wildman–Crippen MR) is 79.8 cm³/mol. The fourth-order valence-corrected chi connectivity index (χ4v) is 2.31. The summed E-state index contributed by atoms with van der Waals surface area (Å²) in [6.07, 6.45) is 1.21. The Bertz CT molecular complexity index is 496. The van der Waals surface area contributed by atoms with Crippen molar-refractivity contribution in [2.45, 2.75) is 5.92 Å². The van der Waals surface area contributed by atoms with E-state index in [-0.39, 0.29) is 24.3 Å². The van der Waals surface area contributed by atoms with Crippen LogP contribution in [0.3, 0.4) is 0 Å². The van der Waals surface area contributed by atoms with Crippen LogP contribution < -0.4 is 5.32 Å². The average molecular weight is 288 g/mol. The number of benzene rings is 1. The molecular formula is C16H20N2O3. The molecule has 1 heterocycles. The van der Waals surface area contributed by atoms with E-state index in [1.54, 1.807) is 4.90 Å². The van der Waals surface area contributed by atoms with Crippen molar-refractivity contribution in [2.75, 3.05) is 32.8 Å². The SMILES string of the molecule is C=CC(=O)NC[C@H](C(=O)N1CCOCC1)c1ccccc1. The van der Waals surface area contributed by atoms with Gasteiger partial charge in [0.15, 0.2) is 0 Å². The van der Waals surface area contributed by atoms with Crippen LogP contribution in [0.1, 0.15) is 11.5 Å². The standard InChI is InChI=1S/C16H20N2O3/c1-2-15(19)17-12-14(13-6-4-3-5-7-13)16(20)18-8-10-21-11-9-18/h2-7,14H,1,8-12H2,(H,17,19)/t14-/m0/s1. The summed E-state index contributed by atoms with van der Waals surface area (Å²) in [5.74, 6) is -0.632. The van der Waals surface area contributed by atoms with Gasteiger partial charge < -0.3 is 15.0 Å². The number of rotatable bonds is 5. The molecule has 0 radical (unpaired) electrons. The molecule has 1 saturated heterocycles. The van der Waals surface area contributed by atoms with E-state index in [0.717, 1.165) is 5.56 Å². The van der Waals surface area contributed by atoms with Crippen LogP contribution in [0.4, 0.5) is 0 Å². The minimum absolute atomic E-state index is 0.0221. The van der Waals surface area contributed by atoms with Gasteiger partial charge in [0, 0.05) is 19.6 Å². The van der Waals surface area contributed by atoms with Crippen LogP contribution in [0.25, 0.3) is 0 Å². The van der Waals surface area contributed by atoms with Crippen LogP contribution in [-0.4, -0.2) is 49.6 Å². The Morgan fingerprint density at radius 1 is 1.29 bits per heavy atom. The zero-order valence-electron chi connectivity index (χ0n) is 12.0. The van der Waals surface area contributed by atoms with E-state index in [9.17, 15) is 9.59 Å². The number of ether oxygens (including phenoxy) is 1. The first kappa shape index (κ1) is 15.3. The molecule has 1 atom stereocenters. The second kappa shape index (κ2) is 7.59. The molecule has 1 aliphatic rings. The van der Waals surface area contributed by atoms with Gasteiger partial charge in [0.25, 0.3) is 0 Å². The van der Waals surface area contributed by atoms with Crippen molar-refractivity contribution in [3.63, 3.8) is 0 Å². The molecule has 1 N–H and O–H groups in total. The normalized spacial score (nSPS) is 16.1. The van der Waals surface area contributed by atoms with Gasteiger partial charge in [-0.05, 0) is 11.6 Å². The summed E-state index contributed by atoms with van der Waals surface area (Å²) in [5, 5.41) is 2.72. The lowest BCUT2D eigenvalue weighted by Gasteiger charge is -2.30. The zero-order chi connectivity index (χ0) is 15.1. The van der Waals surface area contributed by atoms with E-state index >= 15 is 0 Å². The third-order valence-corrected chi connectivity index (χ3v) is 3.49. The molecule has 1 aromatic carbocycles.